The summed E-state index contributed by atoms with van der Waals surface area (Å²) in [6, 6.07) is 17.8. The summed E-state index contributed by atoms with van der Waals surface area (Å²) in [4.78, 5) is 1.16. The lowest BCUT2D eigenvalue weighted by atomic mass is 10.2. The van der Waals surface area contributed by atoms with E-state index in [2.05, 4.69) is 28.1 Å². The highest BCUT2D eigenvalue weighted by Gasteiger charge is 2.09. The van der Waals surface area contributed by atoms with E-state index in [-0.39, 0.29) is 5.76 Å². The molecule has 3 aromatic rings. The van der Waals surface area contributed by atoms with Crippen molar-refractivity contribution >= 4 is 39.2 Å². The third kappa shape index (κ3) is 3.40. The molecule has 0 fully saturated rings. The number of aromatic nitrogens is 1. The number of rotatable bonds is 3. The number of hydrogen-bond acceptors (Lipinski definition) is 2. The van der Waals surface area contributed by atoms with Crippen LogP contribution < -0.4 is 4.57 Å². The van der Waals surface area contributed by atoms with E-state index in [0.717, 1.165) is 14.9 Å². The number of halogens is 1. The van der Waals surface area contributed by atoms with Gasteiger partial charge in [-0.15, -0.1) is 0 Å². The van der Waals surface area contributed by atoms with Crippen molar-refractivity contribution < 1.29 is 9.67 Å². The van der Waals surface area contributed by atoms with Gasteiger partial charge in [0.05, 0.1) is 0 Å². The van der Waals surface area contributed by atoms with Gasteiger partial charge in [-0.25, -0.2) is 0 Å². The molecule has 0 saturated heterocycles. The highest BCUT2D eigenvalue weighted by atomic mass is 79.9. The molecule has 0 aliphatic heterocycles. The van der Waals surface area contributed by atoms with Crippen molar-refractivity contribution in [2.45, 2.75) is 0 Å². The van der Waals surface area contributed by atoms with Crippen molar-refractivity contribution in [1.29, 1.82) is 0 Å². The molecule has 0 spiro atoms. The van der Waals surface area contributed by atoms with Crippen molar-refractivity contribution in [3.63, 3.8) is 0 Å². The molecular weight excluding hydrogens is 346 g/mol. The Bertz CT molecular complexity index is 763. The van der Waals surface area contributed by atoms with Crippen LogP contribution in [-0.2, 0) is 0 Å². The van der Waals surface area contributed by atoms with E-state index < -0.39 is 0 Å². The summed E-state index contributed by atoms with van der Waals surface area (Å²) in [5.41, 5.74) is 3.94. The summed E-state index contributed by atoms with van der Waals surface area (Å²) in [6.45, 7) is 0. The predicted octanol–water partition coefficient (Wildman–Crippen LogP) is 4.98. The molecule has 4 heteroatoms. The molecule has 0 atom stereocenters. The number of nitrogens with zero attached hydrogens (tertiary/aromatic N) is 1. The molecule has 1 N–H and O–H groups in total. The van der Waals surface area contributed by atoms with Crippen molar-refractivity contribution in [3.8, 4) is 10.4 Å². The molecule has 1 aromatic heterocycles. The first-order valence-corrected chi connectivity index (χ1v) is 8.11. The molecule has 2 aromatic carbocycles. The quantitative estimate of drug-likeness (QED) is 0.518. The second-order valence-electron chi connectivity index (χ2n) is 4.55. The first kappa shape index (κ1) is 14.0. The molecule has 0 unspecified atom stereocenters. The Hall–Kier alpha value is -1.91. The fourth-order valence-corrected chi connectivity index (χ4v) is 3.04. The Kier molecular flexibility index (Phi) is 4.18. The van der Waals surface area contributed by atoms with E-state index in [9.17, 15) is 5.11 Å². The minimum atomic E-state index is 0.241. The van der Waals surface area contributed by atoms with E-state index >= 15 is 0 Å². The van der Waals surface area contributed by atoms with Gasteiger partial charge in [0.15, 0.2) is 12.0 Å². The van der Waals surface area contributed by atoms with Crippen LogP contribution in [0.15, 0.2) is 70.8 Å². The van der Waals surface area contributed by atoms with Crippen LogP contribution >= 0.6 is 27.3 Å². The summed E-state index contributed by atoms with van der Waals surface area (Å²) in [5, 5.41) is 10.2. The lowest BCUT2D eigenvalue weighted by Crippen LogP contribution is -2.21. The van der Waals surface area contributed by atoms with Gasteiger partial charge in [-0.3, -0.25) is 0 Å². The third-order valence-electron chi connectivity index (χ3n) is 3.04. The predicted molar refractivity (Wildman–Crippen MR) is 90.9 cm³/mol. The average Bonchev–Trinajstić information content (AvgIpc) is 2.97. The second kappa shape index (κ2) is 6.24. The molecule has 0 saturated carbocycles. The molecule has 1 heterocycles. The van der Waals surface area contributed by atoms with Gasteiger partial charge in [0.25, 0.3) is 0 Å². The highest BCUT2D eigenvalue weighted by molar-refractivity contribution is 9.10. The van der Waals surface area contributed by atoms with Crippen LogP contribution in [0.3, 0.4) is 0 Å². The maximum absolute atomic E-state index is 10.2. The van der Waals surface area contributed by atoms with Crippen LogP contribution in [0.25, 0.3) is 22.4 Å². The zero-order valence-corrected chi connectivity index (χ0v) is 13.5. The monoisotopic (exact) mass is 358 g/mol. The smallest absolute Gasteiger partial charge is 0.230 e. The molecule has 0 amide bonds. The summed E-state index contributed by atoms with van der Waals surface area (Å²) in [6.07, 6.45) is 3.72. The molecular formula is C17H13BrNOS+. The van der Waals surface area contributed by atoms with Gasteiger partial charge in [0, 0.05) is 10.0 Å². The van der Waals surface area contributed by atoms with Crippen LogP contribution in [0.5, 0.6) is 0 Å². The van der Waals surface area contributed by atoms with E-state index in [4.69, 9.17) is 0 Å². The number of aliphatic hydroxyl groups is 1. The van der Waals surface area contributed by atoms with Gasteiger partial charge in [-0.1, -0.05) is 57.6 Å². The van der Waals surface area contributed by atoms with E-state index in [0.29, 0.717) is 0 Å². The van der Waals surface area contributed by atoms with Gasteiger partial charge in [-0.2, -0.15) is 4.57 Å². The topological polar surface area (TPSA) is 24.1 Å². The van der Waals surface area contributed by atoms with Crippen LogP contribution in [-0.4, -0.2) is 5.11 Å². The Morgan fingerprint density at radius 2 is 1.76 bits per heavy atom. The molecule has 0 aliphatic carbocycles. The van der Waals surface area contributed by atoms with Crippen molar-refractivity contribution in [1.82, 2.24) is 0 Å². The van der Waals surface area contributed by atoms with Crippen LogP contribution in [0, 0.1) is 0 Å². The molecule has 2 nitrogen and oxygen atoms in total. The number of aliphatic hydroxyl groups excluding tert-OH is 1. The van der Waals surface area contributed by atoms with E-state index in [1.165, 1.54) is 5.56 Å². The number of thiazole rings is 1. The largest absolute Gasteiger partial charge is 0.502 e. The molecule has 0 aliphatic rings. The van der Waals surface area contributed by atoms with Gasteiger partial charge in [-0.05, 0) is 29.8 Å². The van der Waals surface area contributed by atoms with Gasteiger partial charge in [0.1, 0.15) is 4.88 Å². The molecule has 21 heavy (non-hydrogen) atoms. The lowest BCUT2D eigenvalue weighted by Gasteiger charge is -1.97. The van der Waals surface area contributed by atoms with E-state index in [1.807, 2.05) is 58.7 Å². The Morgan fingerprint density at radius 3 is 2.48 bits per heavy atom. The van der Waals surface area contributed by atoms with Gasteiger partial charge >= 0.3 is 0 Å². The Morgan fingerprint density at radius 1 is 1.05 bits per heavy atom. The summed E-state index contributed by atoms with van der Waals surface area (Å²) < 4.78 is 2.87. The minimum absolute atomic E-state index is 0.241. The first-order valence-electron chi connectivity index (χ1n) is 6.44. The Labute approximate surface area is 135 Å². The fourth-order valence-electron chi connectivity index (χ4n) is 1.96. The fraction of sp³-hybridized carbons (Fsp3) is 0. The van der Waals surface area contributed by atoms with Gasteiger partial charge < -0.3 is 5.11 Å². The molecule has 3 rings (SSSR count). The third-order valence-corrected chi connectivity index (χ3v) is 4.51. The lowest BCUT2D eigenvalue weighted by molar-refractivity contribution is -0.561. The zero-order chi connectivity index (χ0) is 14.7. The molecule has 104 valence electrons. The molecule has 0 bridgehead atoms. The highest BCUT2D eigenvalue weighted by Crippen LogP contribution is 2.22. The van der Waals surface area contributed by atoms with E-state index in [1.54, 1.807) is 17.5 Å². The second-order valence-corrected chi connectivity index (χ2v) is 6.35. The number of hydrogen-bond donors (Lipinski definition) is 1. The van der Waals surface area contributed by atoms with Crippen molar-refractivity contribution in [2.24, 2.45) is 0 Å². The summed E-state index contributed by atoms with van der Waals surface area (Å²) >= 11 is 5.03. The van der Waals surface area contributed by atoms with Crippen LogP contribution in [0.1, 0.15) is 5.56 Å². The average molecular weight is 359 g/mol. The SMILES string of the molecule is O/C(=C\[n+]1csc(-c2ccccc2)c1)c1ccc(Br)cc1. The van der Waals surface area contributed by atoms with Crippen molar-refractivity contribution in [3.05, 3.63) is 76.3 Å². The first-order chi connectivity index (χ1) is 10.2. The zero-order valence-electron chi connectivity index (χ0n) is 11.1. The summed E-state index contributed by atoms with van der Waals surface area (Å²) in [5.74, 6) is 0.241. The van der Waals surface area contributed by atoms with Crippen molar-refractivity contribution in [2.75, 3.05) is 0 Å². The van der Waals surface area contributed by atoms with Crippen LogP contribution in [0.2, 0.25) is 0 Å². The standard InChI is InChI=1S/C17H12BrNOS/c18-15-8-6-13(7-9-15)16(20)10-19-11-17(21-12-19)14-4-2-1-3-5-14/h1-12H/p+1/b16-10-. The van der Waals surface area contributed by atoms with Gasteiger partial charge in [0.2, 0.25) is 11.7 Å². The maximum Gasteiger partial charge on any atom is 0.230 e. The Balaban J connectivity index is 1.86. The number of benzene rings is 2. The maximum atomic E-state index is 10.2. The molecule has 0 radical (unpaired) electrons. The summed E-state index contributed by atoms with van der Waals surface area (Å²) in [7, 11) is 0. The normalized spacial score (nSPS) is 11.6. The van der Waals surface area contributed by atoms with Crippen LogP contribution in [0.4, 0.5) is 0 Å². The minimum Gasteiger partial charge on any atom is -0.502 e.